The second-order valence-corrected chi connectivity index (χ2v) is 5.87. The third-order valence-corrected chi connectivity index (χ3v) is 3.97. The number of carboxylic acids is 1. The highest BCUT2D eigenvalue weighted by atomic mass is 16.5. The summed E-state index contributed by atoms with van der Waals surface area (Å²) in [5, 5.41) is 12.6. The summed E-state index contributed by atoms with van der Waals surface area (Å²) in [6, 6.07) is 0. The third-order valence-electron chi connectivity index (χ3n) is 3.97. The van der Waals surface area contributed by atoms with Gasteiger partial charge in [0.05, 0.1) is 11.7 Å². The minimum Gasteiger partial charge on any atom is -0.480 e. The molecule has 1 saturated carbocycles. The maximum absolute atomic E-state index is 11.5. The smallest absolute Gasteiger partial charge is 0.323 e. The molecule has 0 bridgehead atoms. The predicted octanol–water partition coefficient (Wildman–Crippen LogP) is 2.57. The van der Waals surface area contributed by atoms with E-state index in [0.717, 1.165) is 19.3 Å². The zero-order valence-electron chi connectivity index (χ0n) is 12.1. The Morgan fingerprint density at radius 2 is 2.17 bits per heavy atom. The number of nitrogens with one attached hydrogen (secondary N) is 1. The van der Waals surface area contributed by atoms with Crippen LogP contribution in [0.25, 0.3) is 0 Å². The lowest BCUT2D eigenvalue weighted by Gasteiger charge is -2.41. The first-order chi connectivity index (χ1) is 8.35. The van der Waals surface area contributed by atoms with Crippen LogP contribution in [0.2, 0.25) is 0 Å². The van der Waals surface area contributed by atoms with Crippen molar-refractivity contribution in [3.63, 3.8) is 0 Å². The summed E-state index contributed by atoms with van der Waals surface area (Å²) in [7, 11) is 0. The van der Waals surface area contributed by atoms with Crippen LogP contribution in [0.4, 0.5) is 0 Å². The van der Waals surface area contributed by atoms with Crippen molar-refractivity contribution in [3.05, 3.63) is 0 Å². The molecule has 0 aromatic rings. The van der Waals surface area contributed by atoms with Crippen LogP contribution >= 0.6 is 0 Å². The molecule has 0 saturated heterocycles. The summed E-state index contributed by atoms with van der Waals surface area (Å²) in [5.41, 5.74) is -0.958. The molecular formula is C14H27NO3. The first kappa shape index (κ1) is 15.4. The van der Waals surface area contributed by atoms with Crippen molar-refractivity contribution >= 4 is 5.97 Å². The van der Waals surface area contributed by atoms with E-state index in [9.17, 15) is 9.90 Å². The summed E-state index contributed by atoms with van der Waals surface area (Å²) in [4.78, 5) is 11.5. The van der Waals surface area contributed by atoms with E-state index in [4.69, 9.17) is 4.74 Å². The molecule has 18 heavy (non-hydrogen) atoms. The third kappa shape index (κ3) is 3.69. The molecule has 0 heterocycles. The Morgan fingerprint density at radius 1 is 1.50 bits per heavy atom. The van der Waals surface area contributed by atoms with E-state index < -0.39 is 11.5 Å². The number of carbonyl (C=O) groups is 1. The lowest BCUT2D eigenvalue weighted by atomic mass is 9.79. The minimum atomic E-state index is -0.790. The van der Waals surface area contributed by atoms with Gasteiger partial charge in [0.15, 0.2) is 0 Å². The second-order valence-electron chi connectivity index (χ2n) is 5.87. The summed E-state index contributed by atoms with van der Waals surface area (Å²) < 4.78 is 6.08. The monoisotopic (exact) mass is 257 g/mol. The molecule has 4 nitrogen and oxygen atoms in total. The standard InChI is InChI=1S/C14H27NO3/c1-5-13(3,4)18-11-8-7-9-14(10-11,12(16)17)15-6-2/h11,15H,5-10H2,1-4H3,(H,16,17). The highest BCUT2D eigenvalue weighted by molar-refractivity contribution is 5.79. The molecule has 0 aromatic carbocycles. The van der Waals surface area contributed by atoms with Crippen molar-refractivity contribution in [2.24, 2.45) is 0 Å². The number of hydrogen-bond acceptors (Lipinski definition) is 3. The molecule has 1 aliphatic rings. The van der Waals surface area contributed by atoms with Gasteiger partial charge in [-0.2, -0.15) is 0 Å². The van der Waals surface area contributed by atoms with Gasteiger partial charge in [-0.1, -0.05) is 13.8 Å². The summed E-state index contributed by atoms with van der Waals surface area (Å²) in [6.07, 6.45) is 4.12. The summed E-state index contributed by atoms with van der Waals surface area (Å²) in [6.45, 7) is 8.85. The van der Waals surface area contributed by atoms with Crippen LogP contribution in [0.3, 0.4) is 0 Å². The molecule has 2 atom stereocenters. The first-order valence-electron chi connectivity index (χ1n) is 7.01. The molecule has 1 rings (SSSR count). The van der Waals surface area contributed by atoms with Gasteiger partial charge >= 0.3 is 5.97 Å². The van der Waals surface area contributed by atoms with E-state index in [-0.39, 0.29) is 11.7 Å². The fourth-order valence-electron chi connectivity index (χ4n) is 2.63. The lowest BCUT2D eigenvalue weighted by molar-refractivity contribution is -0.153. The molecule has 1 fully saturated rings. The van der Waals surface area contributed by atoms with Crippen molar-refractivity contribution in [2.45, 2.75) is 77.0 Å². The topological polar surface area (TPSA) is 58.6 Å². The molecule has 4 heteroatoms. The fourth-order valence-corrected chi connectivity index (χ4v) is 2.63. The number of hydrogen-bond donors (Lipinski definition) is 2. The van der Waals surface area contributed by atoms with Gasteiger partial charge in [0, 0.05) is 6.42 Å². The zero-order chi connectivity index (χ0) is 13.8. The molecule has 0 spiro atoms. The second kappa shape index (κ2) is 6.02. The molecule has 0 radical (unpaired) electrons. The van der Waals surface area contributed by atoms with Crippen LogP contribution in [-0.2, 0) is 9.53 Å². The lowest BCUT2D eigenvalue weighted by Crippen LogP contribution is -2.56. The van der Waals surface area contributed by atoms with Crippen LogP contribution in [0.15, 0.2) is 0 Å². The van der Waals surface area contributed by atoms with E-state index in [2.05, 4.69) is 26.1 Å². The summed E-state index contributed by atoms with van der Waals surface area (Å²) >= 11 is 0. The number of aliphatic carboxylic acids is 1. The Kier molecular flexibility index (Phi) is 5.17. The molecule has 106 valence electrons. The molecular weight excluding hydrogens is 230 g/mol. The molecule has 2 N–H and O–H groups in total. The zero-order valence-corrected chi connectivity index (χ0v) is 12.1. The van der Waals surface area contributed by atoms with Crippen molar-refractivity contribution < 1.29 is 14.6 Å². The van der Waals surface area contributed by atoms with Crippen molar-refractivity contribution in [1.29, 1.82) is 0 Å². The van der Waals surface area contributed by atoms with Gasteiger partial charge < -0.3 is 15.2 Å². The van der Waals surface area contributed by atoms with Gasteiger partial charge in [-0.3, -0.25) is 4.79 Å². The highest BCUT2D eigenvalue weighted by Gasteiger charge is 2.43. The minimum absolute atomic E-state index is 0.0452. The number of rotatable bonds is 6. The van der Waals surface area contributed by atoms with Gasteiger partial charge in [0.25, 0.3) is 0 Å². The van der Waals surface area contributed by atoms with Crippen molar-refractivity contribution in [1.82, 2.24) is 5.32 Å². The van der Waals surface area contributed by atoms with Crippen LogP contribution in [0, 0.1) is 0 Å². The highest BCUT2D eigenvalue weighted by Crippen LogP contribution is 2.33. The van der Waals surface area contributed by atoms with E-state index in [1.54, 1.807) is 0 Å². The van der Waals surface area contributed by atoms with E-state index in [1.807, 2.05) is 6.92 Å². The maximum Gasteiger partial charge on any atom is 0.323 e. The van der Waals surface area contributed by atoms with Gasteiger partial charge in [-0.15, -0.1) is 0 Å². The molecule has 0 aromatic heterocycles. The summed E-state index contributed by atoms with van der Waals surface area (Å²) in [5.74, 6) is -0.744. The number of likely N-dealkylation sites (N-methyl/N-ethyl adjacent to an activating group) is 1. The average Bonchev–Trinajstić information content (AvgIpc) is 2.29. The quantitative estimate of drug-likeness (QED) is 0.768. The van der Waals surface area contributed by atoms with E-state index in [1.165, 1.54) is 0 Å². The van der Waals surface area contributed by atoms with Gasteiger partial charge in [-0.25, -0.2) is 0 Å². The van der Waals surface area contributed by atoms with E-state index in [0.29, 0.717) is 19.4 Å². The van der Waals surface area contributed by atoms with E-state index >= 15 is 0 Å². The van der Waals surface area contributed by atoms with Crippen molar-refractivity contribution in [2.75, 3.05) is 6.54 Å². The number of carboxylic acid groups (broad SMARTS) is 1. The number of ether oxygens (including phenoxy) is 1. The largest absolute Gasteiger partial charge is 0.480 e. The predicted molar refractivity (Wildman–Crippen MR) is 71.8 cm³/mol. The van der Waals surface area contributed by atoms with Gasteiger partial charge in [-0.05, 0) is 46.1 Å². The molecule has 0 aliphatic heterocycles. The molecule has 1 aliphatic carbocycles. The average molecular weight is 257 g/mol. The Balaban J connectivity index is 2.72. The van der Waals surface area contributed by atoms with Crippen LogP contribution in [0.5, 0.6) is 0 Å². The molecule has 0 amide bonds. The maximum atomic E-state index is 11.5. The Labute approximate surface area is 110 Å². The van der Waals surface area contributed by atoms with Crippen LogP contribution < -0.4 is 5.32 Å². The van der Waals surface area contributed by atoms with Crippen molar-refractivity contribution in [3.8, 4) is 0 Å². The fraction of sp³-hybridized carbons (Fsp3) is 0.929. The van der Waals surface area contributed by atoms with Gasteiger partial charge in [0.1, 0.15) is 5.54 Å². The van der Waals surface area contributed by atoms with Crippen LogP contribution in [0.1, 0.15) is 59.8 Å². The van der Waals surface area contributed by atoms with Crippen LogP contribution in [-0.4, -0.2) is 34.9 Å². The normalized spacial score (nSPS) is 29.2. The Hall–Kier alpha value is -0.610. The Morgan fingerprint density at radius 3 is 2.67 bits per heavy atom. The Bertz CT molecular complexity index is 287. The SMILES string of the molecule is CCNC1(C(=O)O)CCCC(OC(C)(C)CC)C1. The van der Waals surface area contributed by atoms with Gasteiger partial charge in [0.2, 0.25) is 0 Å². The first-order valence-corrected chi connectivity index (χ1v) is 7.01. The molecule has 2 unspecified atom stereocenters.